The maximum Gasteiger partial charge on any atom is 0.0630 e. The molecule has 3 nitrogen and oxygen atoms in total. The van der Waals surface area contributed by atoms with Crippen molar-refractivity contribution >= 4 is 17.6 Å². The molecule has 0 amide bonds. The number of aliphatic hydroxyl groups is 1. The molecule has 2 rings (SSSR count). The van der Waals surface area contributed by atoms with Crippen LogP contribution in [-0.2, 0) is 6.42 Å². The zero-order valence-corrected chi connectivity index (χ0v) is 13.4. The smallest absolute Gasteiger partial charge is 0.0630 e. The monoisotopic (exact) mass is 296 g/mol. The van der Waals surface area contributed by atoms with E-state index in [0.717, 1.165) is 29.9 Å². The van der Waals surface area contributed by atoms with Crippen molar-refractivity contribution in [3.63, 3.8) is 0 Å². The number of nitrogens with zero attached hydrogens (tertiary/aromatic N) is 2. The van der Waals surface area contributed by atoms with E-state index < -0.39 is 0 Å². The van der Waals surface area contributed by atoms with Crippen LogP contribution in [0.4, 0.5) is 11.4 Å². The van der Waals surface area contributed by atoms with Gasteiger partial charge in [-0.3, -0.25) is 4.99 Å². The third-order valence-corrected chi connectivity index (χ3v) is 3.72. The van der Waals surface area contributed by atoms with E-state index in [1.54, 1.807) is 0 Å². The fraction of sp³-hybridized carbons (Fsp3) is 0.316. The van der Waals surface area contributed by atoms with E-state index in [4.69, 9.17) is 5.11 Å². The van der Waals surface area contributed by atoms with Crippen LogP contribution in [0.2, 0.25) is 0 Å². The minimum atomic E-state index is 0.182. The number of benzene rings is 2. The second-order valence-corrected chi connectivity index (χ2v) is 5.16. The number of hydrogen-bond donors (Lipinski definition) is 1. The van der Waals surface area contributed by atoms with Crippen LogP contribution in [-0.4, -0.2) is 31.0 Å². The first-order chi connectivity index (χ1) is 10.8. The summed E-state index contributed by atoms with van der Waals surface area (Å²) in [5, 5.41) is 8.91. The molecule has 0 unspecified atom stereocenters. The van der Waals surface area contributed by atoms with Gasteiger partial charge < -0.3 is 10.0 Å². The SMILES string of the molecule is CCN(CC)c1ccc(C=Nc2ccc(CCO)cc2)cc1. The molecule has 0 aliphatic heterocycles. The van der Waals surface area contributed by atoms with Gasteiger partial charge in [0.1, 0.15) is 0 Å². The molecule has 0 aliphatic carbocycles. The summed E-state index contributed by atoms with van der Waals surface area (Å²) in [7, 11) is 0. The van der Waals surface area contributed by atoms with E-state index in [0.29, 0.717) is 6.42 Å². The van der Waals surface area contributed by atoms with Crippen LogP contribution in [0.1, 0.15) is 25.0 Å². The first-order valence-electron chi connectivity index (χ1n) is 7.85. The Bertz CT molecular complexity index is 584. The van der Waals surface area contributed by atoms with Gasteiger partial charge in [-0.2, -0.15) is 0 Å². The van der Waals surface area contributed by atoms with Crippen LogP contribution in [0.25, 0.3) is 0 Å². The van der Waals surface area contributed by atoms with Crippen LogP contribution in [0, 0.1) is 0 Å². The Hall–Kier alpha value is -2.13. The Morgan fingerprint density at radius 2 is 1.59 bits per heavy atom. The molecule has 0 aliphatic rings. The van der Waals surface area contributed by atoms with Gasteiger partial charge in [0.25, 0.3) is 0 Å². The molecule has 0 heterocycles. The molecule has 2 aromatic carbocycles. The molecule has 0 radical (unpaired) electrons. The zero-order valence-electron chi connectivity index (χ0n) is 13.4. The van der Waals surface area contributed by atoms with Crippen molar-refractivity contribution in [2.24, 2.45) is 4.99 Å². The van der Waals surface area contributed by atoms with Gasteiger partial charge in [-0.1, -0.05) is 24.3 Å². The molecule has 0 aromatic heterocycles. The lowest BCUT2D eigenvalue weighted by molar-refractivity contribution is 0.299. The summed E-state index contributed by atoms with van der Waals surface area (Å²) in [6, 6.07) is 16.4. The van der Waals surface area contributed by atoms with Crippen molar-refractivity contribution < 1.29 is 5.11 Å². The van der Waals surface area contributed by atoms with Gasteiger partial charge >= 0.3 is 0 Å². The average molecular weight is 296 g/mol. The van der Waals surface area contributed by atoms with E-state index >= 15 is 0 Å². The van der Waals surface area contributed by atoms with Crippen LogP contribution in [0.3, 0.4) is 0 Å². The van der Waals surface area contributed by atoms with Crippen LogP contribution in [0.5, 0.6) is 0 Å². The molecule has 0 atom stereocenters. The average Bonchev–Trinajstić information content (AvgIpc) is 2.57. The van der Waals surface area contributed by atoms with Crippen molar-refractivity contribution in [2.45, 2.75) is 20.3 Å². The maximum atomic E-state index is 8.91. The molecular weight excluding hydrogens is 272 g/mol. The van der Waals surface area contributed by atoms with E-state index in [1.165, 1.54) is 5.69 Å². The topological polar surface area (TPSA) is 35.8 Å². The van der Waals surface area contributed by atoms with Crippen LogP contribution >= 0.6 is 0 Å². The molecule has 2 aromatic rings. The fourth-order valence-corrected chi connectivity index (χ4v) is 2.39. The van der Waals surface area contributed by atoms with Crippen molar-refractivity contribution in [3.05, 3.63) is 59.7 Å². The first-order valence-corrected chi connectivity index (χ1v) is 7.85. The van der Waals surface area contributed by atoms with E-state index in [-0.39, 0.29) is 6.61 Å². The van der Waals surface area contributed by atoms with Gasteiger partial charge in [-0.25, -0.2) is 0 Å². The molecule has 0 saturated heterocycles. The highest BCUT2D eigenvalue weighted by molar-refractivity contribution is 5.82. The second-order valence-electron chi connectivity index (χ2n) is 5.16. The second kappa shape index (κ2) is 8.35. The quantitative estimate of drug-likeness (QED) is 0.788. The lowest BCUT2D eigenvalue weighted by atomic mass is 10.1. The van der Waals surface area contributed by atoms with Gasteiger partial charge in [0.15, 0.2) is 0 Å². The lowest BCUT2D eigenvalue weighted by Crippen LogP contribution is -2.21. The largest absolute Gasteiger partial charge is 0.396 e. The minimum Gasteiger partial charge on any atom is -0.396 e. The number of aliphatic imine (C=N–C) groups is 1. The molecular formula is C19H24N2O. The van der Waals surface area contributed by atoms with E-state index in [1.807, 2.05) is 30.5 Å². The van der Waals surface area contributed by atoms with Crippen molar-refractivity contribution in [1.29, 1.82) is 0 Å². The standard InChI is InChI=1S/C19H24N2O/c1-3-21(4-2)19-11-7-17(8-12-19)15-20-18-9-5-16(6-10-18)13-14-22/h5-12,15,22H,3-4,13-14H2,1-2H3. The number of anilines is 1. The van der Waals surface area contributed by atoms with Crippen LogP contribution < -0.4 is 4.90 Å². The first kappa shape index (κ1) is 16.2. The summed E-state index contributed by atoms with van der Waals surface area (Å²) in [4.78, 5) is 6.81. The lowest BCUT2D eigenvalue weighted by Gasteiger charge is -2.20. The predicted molar refractivity (Wildman–Crippen MR) is 94.5 cm³/mol. The van der Waals surface area contributed by atoms with Crippen molar-refractivity contribution in [1.82, 2.24) is 0 Å². The van der Waals surface area contributed by atoms with Gasteiger partial charge in [0.05, 0.1) is 5.69 Å². The molecule has 116 valence electrons. The Balaban J connectivity index is 2.03. The Morgan fingerprint density at radius 3 is 2.14 bits per heavy atom. The highest BCUT2D eigenvalue weighted by Gasteiger charge is 2.00. The summed E-state index contributed by atoms with van der Waals surface area (Å²) in [6.45, 7) is 6.55. The summed E-state index contributed by atoms with van der Waals surface area (Å²) < 4.78 is 0. The molecule has 0 spiro atoms. The molecule has 22 heavy (non-hydrogen) atoms. The Morgan fingerprint density at radius 1 is 0.955 bits per heavy atom. The van der Waals surface area contributed by atoms with Crippen molar-refractivity contribution in [2.75, 3.05) is 24.6 Å². The summed E-state index contributed by atoms with van der Waals surface area (Å²) in [5.41, 5.74) is 4.39. The number of aliphatic hydroxyl groups excluding tert-OH is 1. The van der Waals surface area contributed by atoms with E-state index in [9.17, 15) is 0 Å². The van der Waals surface area contributed by atoms with Gasteiger partial charge in [-0.15, -0.1) is 0 Å². The molecule has 0 saturated carbocycles. The normalized spacial score (nSPS) is 11.0. The predicted octanol–water partition coefficient (Wildman–Crippen LogP) is 3.82. The summed E-state index contributed by atoms with van der Waals surface area (Å²) >= 11 is 0. The molecule has 1 N–H and O–H groups in total. The number of rotatable bonds is 7. The highest BCUT2D eigenvalue weighted by atomic mass is 16.2. The third kappa shape index (κ3) is 4.43. The highest BCUT2D eigenvalue weighted by Crippen LogP contribution is 2.16. The fourth-order valence-electron chi connectivity index (χ4n) is 2.39. The Kier molecular flexibility index (Phi) is 6.16. The van der Waals surface area contributed by atoms with Gasteiger partial charge in [-0.05, 0) is 55.7 Å². The minimum absolute atomic E-state index is 0.182. The third-order valence-electron chi connectivity index (χ3n) is 3.72. The molecule has 0 fully saturated rings. The molecule has 0 bridgehead atoms. The summed E-state index contributed by atoms with van der Waals surface area (Å²) in [6.07, 6.45) is 2.57. The number of hydrogen-bond acceptors (Lipinski definition) is 3. The van der Waals surface area contributed by atoms with E-state index in [2.05, 4.69) is 48.0 Å². The van der Waals surface area contributed by atoms with Gasteiger partial charge in [0.2, 0.25) is 0 Å². The molecule has 3 heteroatoms. The van der Waals surface area contributed by atoms with Gasteiger partial charge in [0, 0.05) is 31.6 Å². The Labute approximate surface area is 132 Å². The maximum absolute atomic E-state index is 8.91. The zero-order chi connectivity index (χ0) is 15.8. The van der Waals surface area contributed by atoms with Crippen LogP contribution in [0.15, 0.2) is 53.5 Å². The summed E-state index contributed by atoms with van der Waals surface area (Å²) in [5.74, 6) is 0. The van der Waals surface area contributed by atoms with Crippen molar-refractivity contribution in [3.8, 4) is 0 Å².